The predicted octanol–water partition coefficient (Wildman–Crippen LogP) is 3.03. The van der Waals surface area contributed by atoms with Gasteiger partial charge in [0.25, 0.3) is 5.91 Å². The molecule has 0 spiro atoms. The number of hydrogen-bond acceptors (Lipinski definition) is 4. The Hall–Kier alpha value is -2.69. The highest BCUT2D eigenvalue weighted by Gasteiger charge is 2.08. The molecule has 0 saturated carbocycles. The molecule has 0 aliphatic carbocycles. The maximum absolute atomic E-state index is 11.9. The highest BCUT2D eigenvalue weighted by Crippen LogP contribution is 2.27. The number of hydrogen-bond donors (Lipinski definition) is 1. The van der Waals surface area contributed by atoms with Crippen molar-refractivity contribution in [2.75, 3.05) is 26.1 Å². The van der Waals surface area contributed by atoms with Gasteiger partial charge in [0.2, 0.25) is 0 Å². The third-order valence-electron chi connectivity index (χ3n) is 3.05. The maximum Gasteiger partial charge on any atom is 0.262 e. The number of aryl methyl sites for hydroxylation is 1. The quantitative estimate of drug-likeness (QED) is 0.891. The summed E-state index contributed by atoms with van der Waals surface area (Å²) in [6, 6.07) is 12.6. The Bertz CT molecular complexity index is 638. The average molecular weight is 301 g/mol. The number of benzene rings is 2. The van der Waals surface area contributed by atoms with E-state index in [0.717, 1.165) is 11.3 Å². The van der Waals surface area contributed by atoms with E-state index in [1.54, 1.807) is 44.6 Å². The second-order valence-corrected chi connectivity index (χ2v) is 4.72. The predicted molar refractivity (Wildman–Crippen MR) is 84.8 cm³/mol. The highest BCUT2D eigenvalue weighted by atomic mass is 16.5. The first kappa shape index (κ1) is 15.7. The first-order valence-corrected chi connectivity index (χ1v) is 6.83. The lowest BCUT2D eigenvalue weighted by Crippen LogP contribution is -2.20. The zero-order chi connectivity index (χ0) is 15.9. The minimum Gasteiger partial charge on any atom is -0.497 e. The molecule has 0 heterocycles. The molecule has 5 heteroatoms. The van der Waals surface area contributed by atoms with Gasteiger partial charge in [0.1, 0.15) is 5.75 Å². The molecule has 0 bridgehead atoms. The standard InChI is InChI=1S/C17H19NO4/c1-12-4-9-15(16(10-12)21-3)22-11-17(19)18-13-5-7-14(20-2)8-6-13/h4-10H,11H2,1-3H3,(H,18,19). The third kappa shape index (κ3) is 4.15. The van der Waals surface area contributed by atoms with Crippen molar-refractivity contribution in [2.45, 2.75) is 6.92 Å². The summed E-state index contributed by atoms with van der Waals surface area (Å²) in [5, 5.41) is 2.75. The zero-order valence-electron chi connectivity index (χ0n) is 12.9. The smallest absolute Gasteiger partial charge is 0.262 e. The molecular formula is C17H19NO4. The Morgan fingerprint density at radius 3 is 2.36 bits per heavy atom. The van der Waals surface area contributed by atoms with Crippen LogP contribution in [0, 0.1) is 6.92 Å². The lowest BCUT2D eigenvalue weighted by atomic mass is 10.2. The Morgan fingerprint density at radius 1 is 1.00 bits per heavy atom. The molecule has 0 saturated heterocycles. The van der Waals surface area contributed by atoms with E-state index in [-0.39, 0.29) is 12.5 Å². The first-order valence-electron chi connectivity index (χ1n) is 6.83. The van der Waals surface area contributed by atoms with Crippen LogP contribution in [0.2, 0.25) is 0 Å². The van der Waals surface area contributed by atoms with Gasteiger partial charge in [0, 0.05) is 5.69 Å². The fourth-order valence-corrected chi connectivity index (χ4v) is 1.91. The third-order valence-corrected chi connectivity index (χ3v) is 3.05. The molecule has 1 N–H and O–H groups in total. The molecule has 2 aromatic rings. The van der Waals surface area contributed by atoms with Gasteiger partial charge in [-0.15, -0.1) is 0 Å². The van der Waals surface area contributed by atoms with E-state index < -0.39 is 0 Å². The van der Waals surface area contributed by atoms with Crippen LogP contribution in [0.4, 0.5) is 5.69 Å². The highest BCUT2D eigenvalue weighted by molar-refractivity contribution is 5.91. The molecule has 0 radical (unpaired) electrons. The van der Waals surface area contributed by atoms with E-state index in [9.17, 15) is 4.79 Å². The lowest BCUT2D eigenvalue weighted by Gasteiger charge is -2.11. The van der Waals surface area contributed by atoms with Gasteiger partial charge in [-0.2, -0.15) is 0 Å². The number of nitrogens with one attached hydrogen (secondary N) is 1. The molecule has 0 atom stereocenters. The first-order chi connectivity index (χ1) is 10.6. The molecule has 0 aliphatic heterocycles. The van der Waals surface area contributed by atoms with Crippen molar-refractivity contribution in [2.24, 2.45) is 0 Å². The summed E-state index contributed by atoms with van der Waals surface area (Å²) in [5.74, 6) is 1.64. The van der Waals surface area contributed by atoms with Gasteiger partial charge in [-0.05, 0) is 48.9 Å². The number of amides is 1. The topological polar surface area (TPSA) is 56.8 Å². The van der Waals surface area contributed by atoms with Crippen LogP contribution in [-0.2, 0) is 4.79 Å². The van der Waals surface area contributed by atoms with E-state index in [0.29, 0.717) is 17.2 Å². The van der Waals surface area contributed by atoms with Gasteiger partial charge in [-0.25, -0.2) is 0 Å². The molecule has 0 aliphatic rings. The van der Waals surface area contributed by atoms with E-state index in [2.05, 4.69) is 5.32 Å². The van der Waals surface area contributed by atoms with Crippen LogP contribution in [0.25, 0.3) is 0 Å². The van der Waals surface area contributed by atoms with Gasteiger partial charge in [-0.1, -0.05) is 6.07 Å². The van der Waals surface area contributed by atoms with Crippen molar-refractivity contribution in [3.05, 3.63) is 48.0 Å². The van der Waals surface area contributed by atoms with Gasteiger partial charge < -0.3 is 19.5 Å². The summed E-state index contributed by atoms with van der Waals surface area (Å²) in [7, 11) is 3.16. The average Bonchev–Trinajstić information content (AvgIpc) is 2.54. The molecule has 1 amide bonds. The van der Waals surface area contributed by atoms with Crippen molar-refractivity contribution in [1.29, 1.82) is 0 Å². The van der Waals surface area contributed by atoms with Crippen molar-refractivity contribution in [3.63, 3.8) is 0 Å². The van der Waals surface area contributed by atoms with Crippen LogP contribution in [0.5, 0.6) is 17.2 Å². The summed E-state index contributed by atoms with van der Waals surface area (Å²) in [4.78, 5) is 11.9. The minimum atomic E-state index is -0.243. The maximum atomic E-state index is 11.9. The van der Waals surface area contributed by atoms with Gasteiger partial charge in [0.15, 0.2) is 18.1 Å². The fourth-order valence-electron chi connectivity index (χ4n) is 1.91. The van der Waals surface area contributed by atoms with Crippen LogP contribution in [0.15, 0.2) is 42.5 Å². The van der Waals surface area contributed by atoms with Gasteiger partial charge >= 0.3 is 0 Å². The SMILES string of the molecule is COc1ccc(NC(=O)COc2ccc(C)cc2OC)cc1. The largest absolute Gasteiger partial charge is 0.497 e. The number of ether oxygens (including phenoxy) is 3. The fraction of sp³-hybridized carbons (Fsp3) is 0.235. The van der Waals surface area contributed by atoms with Crippen molar-refractivity contribution >= 4 is 11.6 Å². The Balaban J connectivity index is 1.92. The molecule has 22 heavy (non-hydrogen) atoms. The Kier molecular flexibility index (Phi) is 5.25. The second-order valence-electron chi connectivity index (χ2n) is 4.72. The number of carbonyl (C=O) groups excluding carboxylic acids is 1. The monoisotopic (exact) mass is 301 g/mol. The number of anilines is 1. The van der Waals surface area contributed by atoms with Crippen molar-refractivity contribution < 1.29 is 19.0 Å². The van der Waals surface area contributed by atoms with Crippen molar-refractivity contribution in [3.8, 4) is 17.2 Å². The van der Waals surface area contributed by atoms with Crippen LogP contribution >= 0.6 is 0 Å². The van der Waals surface area contributed by atoms with E-state index in [4.69, 9.17) is 14.2 Å². The van der Waals surface area contributed by atoms with E-state index in [1.807, 2.05) is 19.1 Å². The van der Waals surface area contributed by atoms with Gasteiger partial charge in [-0.3, -0.25) is 4.79 Å². The summed E-state index contributed by atoms with van der Waals surface area (Å²) in [6.07, 6.45) is 0. The van der Waals surface area contributed by atoms with Crippen LogP contribution in [-0.4, -0.2) is 26.7 Å². The van der Waals surface area contributed by atoms with Crippen LogP contribution < -0.4 is 19.5 Å². The van der Waals surface area contributed by atoms with Crippen molar-refractivity contribution in [1.82, 2.24) is 0 Å². The normalized spacial score (nSPS) is 9.95. The van der Waals surface area contributed by atoms with Crippen LogP contribution in [0.1, 0.15) is 5.56 Å². The molecule has 116 valence electrons. The molecule has 2 aromatic carbocycles. The lowest BCUT2D eigenvalue weighted by molar-refractivity contribution is -0.118. The summed E-state index contributed by atoms with van der Waals surface area (Å²) in [6.45, 7) is 1.87. The summed E-state index contributed by atoms with van der Waals surface area (Å²) >= 11 is 0. The Labute approximate surface area is 129 Å². The summed E-state index contributed by atoms with van der Waals surface area (Å²) in [5.41, 5.74) is 1.75. The number of methoxy groups -OCH3 is 2. The summed E-state index contributed by atoms with van der Waals surface area (Å²) < 4.78 is 15.8. The van der Waals surface area contributed by atoms with E-state index in [1.165, 1.54) is 0 Å². The van der Waals surface area contributed by atoms with E-state index >= 15 is 0 Å². The molecular weight excluding hydrogens is 282 g/mol. The second kappa shape index (κ2) is 7.36. The number of rotatable bonds is 6. The zero-order valence-corrected chi connectivity index (χ0v) is 12.9. The molecule has 5 nitrogen and oxygen atoms in total. The number of carbonyl (C=O) groups is 1. The Morgan fingerprint density at radius 2 is 1.73 bits per heavy atom. The molecule has 0 fully saturated rings. The molecule has 0 aromatic heterocycles. The van der Waals surface area contributed by atoms with Crippen LogP contribution in [0.3, 0.4) is 0 Å². The molecule has 2 rings (SSSR count). The minimum absolute atomic E-state index is 0.0918. The van der Waals surface area contributed by atoms with Gasteiger partial charge in [0.05, 0.1) is 14.2 Å². The molecule has 0 unspecified atom stereocenters.